The van der Waals surface area contributed by atoms with Crippen LogP contribution in [-0.2, 0) is 4.79 Å². The molecule has 2 aliphatic rings. The zero-order chi connectivity index (χ0) is 18.9. The van der Waals surface area contributed by atoms with E-state index in [1.54, 1.807) is 7.11 Å². The molecule has 1 aromatic carbocycles. The molecule has 1 spiro atoms. The van der Waals surface area contributed by atoms with Gasteiger partial charge in [-0.2, -0.15) is 0 Å². The van der Waals surface area contributed by atoms with Crippen LogP contribution in [0.15, 0.2) is 18.2 Å². The van der Waals surface area contributed by atoms with Crippen molar-refractivity contribution in [3.8, 4) is 5.75 Å². The quantitative estimate of drug-likeness (QED) is 0.883. The van der Waals surface area contributed by atoms with E-state index in [2.05, 4.69) is 28.8 Å². The Morgan fingerprint density at radius 1 is 1.19 bits per heavy atom. The van der Waals surface area contributed by atoms with Gasteiger partial charge in [0.2, 0.25) is 0 Å². The number of hydrogen-bond donors (Lipinski definition) is 1. The van der Waals surface area contributed by atoms with Crippen LogP contribution in [-0.4, -0.2) is 85.2 Å². The van der Waals surface area contributed by atoms with Crippen molar-refractivity contribution in [2.75, 3.05) is 53.9 Å². The van der Waals surface area contributed by atoms with Crippen molar-refractivity contribution >= 4 is 5.97 Å². The molecule has 26 heavy (non-hydrogen) atoms. The van der Waals surface area contributed by atoms with Crippen molar-refractivity contribution in [2.24, 2.45) is 0 Å². The number of likely N-dealkylation sites (tertiary alicyclic amines) is 1. The maximum absolute atomic E-state index is 12.3. The molecule has 0 aliphatic carbocycles. The number of methoxy groups -OCH3 is 1. The third kappa shape index (κ3) is 3.59. The van der Waals surface area contributed by atoms with Crippen LogP contribution in [0.4, 0.5) is 0 Å². The van der Waals surface area contributed by atoms with Gasteiger partial charge in [0.1, 0.15) is 11.8 Å². The average Bonchev–Trinajstić information content (AvgIpc) is 2.61. The Morgan fingerprint density at radius 3 is 2.50 bits per heavy atom. The van der Waals surface area contributed by atoms with Gasteiger partial charge in [-0.3, -0.25) is 14.6 Å². The number of hydrogen-bond acceptors (Lipinski definition) is 5. The molecule has 0 saturated carbocycles. The lowest BCUT2D eigenvalue weighted by Crippen LogP contribution is -2.64. The van der Waals surface area contributed by atoms with Gasteiger partial charge in [0, 0.05) is 30.7 Å². The first-order valence-corrected chi connectivity index (χ1v) is 9.37. The zero-order valence-electron chi connectivity index (χ0n) is 16.4. The van der Waals surface area contributed by atoms with E-state index in [9.17, 15) is 9.90 Å². The molecule has 6 heteroatoms. The Kier molecular flexibility index (Phi) is 5.55. The fourth-order valence-corrected chi connectivity index (χ4v) is 4.44. The number of carboxylic acid groups (broad SMARTS) is 1. The molecule has 2 fully saturated rings. The molecule has 2 aliphatic heterocycles. The number of ether oxygens (including phenoxy) is 1. The molecule has 0 aromatic heterocycles. The number of piperidine rings is 1. The third-order valence-corrected chi connectivity index (χ3v) is 6.23. The molecule has 1 N–H and O–H groups in total. The number of benzene rings is 1. The highest BCUT2D eigenvalue weighted by molar-refractivity contribution is 5.77. The number of rotatable bonds is 4. The highest BCUT2D eigenvalue weighted by Gasteiger charge is 2.45. The summed E-state index contributed by atoms with van der Waals surface area (Å²) in [5, 5.41) is 10.1. The number of piperazine rings is 1. The lowest BCUT2D eigenvalue weighted by molar-refractivity contribution is -0.146. The molecule has 1 aromatic rings. The summed E-state index contributed by atoms with van der Waals surface area (Å²) in [6.07, 6.45) is 2.15. The number of carboxylic acids is 1. The first-order valence-electron chi connectivity index (χ1n) is 9.37. The largest absolute Gasteiger partial charge is 0.496 e. The second-order valence-corrected chi connectivity index (χ2v) is 7.91. The zero-order valence-corrected chi connectivity index (χ0v) is 16.4. The van der Waals surface area contributed by atoms with Gasteiger partial charge in [0.25, 0.3) is 0 Å². The second-order valence-electron chi connectivity index (χ2n) is 7.91. The predicted octanol–water partition coefficient (Wildman–Crippen LogP) is 1.84. The molecule has 0 amide bonds. The van der Waals surface area contributed by atoms with Gasteiger partial charge in [0.15, 0.2) is 0 Å². The summed E-state index contributed by atoms with van der Waals surface area (Å²) >= 11 is 0. The van der Waals surface area contributed by atoms with Crippen LogP contribution >= 0.6 is 0 Å². The van der Waals surface area contributed by atoms with Gasteiger partial charge >= 0.3 is 5.97 Å². The van der Waals surface area contributed by atoms with E-state index in [1.807, 2.05) is 25.1 Å². The van der Waals surface area contributed by atoms with Gasteiger partial charge in [-0.25, -0.2) is 0 Å². The van der Waals surface area contributed by atoms with E-state index in [1.165, 1.54) is 0 Å². The van der Waals surface area contributed by atoms with Crippen LogP contribution < -0.4 is 4.74 Å². The maximum Gasteiger partial charge on any atom is 0.325 e. The number of likely N-dealkylation sites (N-methyl/N-ethyl adjacent to an activating group) is 1. The predicted molar refractivity (Wildman–Crippen MR) is 102 cm³/mol. The van der Waals surface area contributed by atoms with Crippen molar-refractivity contribution in [1.29, 1.82) is 0 Å². The number of aliphatic carboxylic acids is 1. The normalized spacial score (nSPS) is 23.1. The summed E-state index contributed by atoms with van der Waals surface area (Å²) < 4.78 is 5.49. The summed E-state index contributed by atoms with van der Waals surface area (Å²) in [5.41, 5.74) is 1.87. The number of aryl methyl sites for hydroxylation is 1. The van der Waals surface area contributed by atoms with Crippen LogP contribution in [0.3, 0.4) is 0 Å². The molecule has 3 rings (SSSR count). The first kappa shape index (κ1) is 19.1. The summed E-state index contributed by atoms with van der Waals surface area (Å²) in [7, 11) is 5.95. The highest BCUT2D eigenvalue weighted by atomic mass is 16.5. The average molecular weight is 361 g/mol. The SMILES string of the molecule is COc1ccc(C)cc1C(C(=O)O)N1CCN(C)C2(CCN(C)CC2)C1. The smallest absolute Gasteiger partial charge is 0.325 e. The molecule has 1 unspecified atom stereocenters. The molecule has 2 heterocycles. The molecular weight excluding hydrogens is 330 g/mol. The molecule has 1 atom stereocenters. The topological polar surface area (TPSA) is 56.3 Å². The minimum absolute atomic E-state index is 0.0650. The van der Waals surface area contributed by atoms with Crippen molar-refractivity contribution < 1.29 is 14.6 Å². The Bertz CT molecular complexity index is 656. The fraction of sp³-hybridized carbons (Fsp3) is 0.650. The van der Waals surface area contributed by atoms with Crippen LogP contribution in [0.5, 0.6) is 5.75 Å². The number of nitrogens with zero attached hydrogens (tertiary/aromatic N) is 3. The molecule has 144 valence electrons. The van der Waals surface area contributed by atoms with E-state index in [0.29, 0.717) is 5.75 Å². The van der Waals surface area contributed by atoms with Crippen LogP contribution in [0.2, 0.25) is 0 Å². The van der Waals surface area contributed by atoms with Crippen molar-refractivity contribution in [3.63, 3.8) is 0 Å². The van der Waals surface area contributed by atoms with Gasteiger partial charge in [0.05, 0.1) is 7.11 Å². The summed E-state index contributed by atoms with van der Waals surface area (Å²) in [4.78, 5) is 19.2. The summed E-state index contributed by atoms with van der Waals surface area (Å²) in [5.74, 6) is -0.152. The Balaban J connectivity index is 1.92. The van der Waals surface area contributed by atoms with E-state index in [4.69, 9.17) is 4.74 Å². The van der Waals surface area contributed by atoms with Gasteiger partial charge in [-0.1, -0.05) is 17.7 Å². The van der Waals surface area contributed by atoms with Crippen molar-refractivity contribution in [2.45, 2.75) is 31.3 Å². The molecule has 6 nitrogen and oxygen atoms in total. The molecular formula is C20H31N3O3. The Hall–Kier alpha value is -1.63. The second kappa shape index (κ2) is 7.55. The molecule has 0 bridgehead atoms. The lowest BCUT2D eigenvalue weighted by Gasteiger charge is -2.53. The molecule has 2 saturated heterocycles. The summed E-state index contributed by atoms with van der Waals surface area (Å²) in [6.45, 7) is 6.53. The minimum Gasteiger partial charge on any atom is -0.496 e. The van der Waals surface area contributed by atoms with Gasteiger partial charge in [-0.15, -0.1) is 0 Å². The Labute approximate surface area is 156 Å². The van der Waals surface area contributed by atoms with Crippen LogP contribution in [0.1, 0.15) is 30.0 Å². The highest BCUT2D eigenvalue weighted by Crippen LogP contribution is 2.37. The van der Waals surface area contributed by atoms with Gasteiger partial charge < -0.3 is 14.7 Å². The molecule has 0 radical (unpaired) electrons. The lowest BCUT2D eigenvalue weighted by atomic mass is 9.83. The fourth-order valence-electron chi connectivity index (χ4n) is 4.44. The standard InChI is InChI=1S/C20H31N3O3/c1-15-5-6-17(26-4)16(13-15)18(19(24)25)23-12-11-22(3)20(14-23)7-9-21(2)10-8-20/h5-6,13,18H,7-12,14H2,1-4H3,(H,24,25). The van der Waals surface area contributed by atoms with Crippen LogP contribution in [0.25, 0.3) is 0 Å². The monoisotopic (exact) mass is 361 g/mol. The first-order chi connectivity index (χ1) is 12.4. The minimum atomic E-state index is -0.804. The van der Waals surface area contributed by atoms with Crippen molar-refractivity contribution in [3.05, 3.63) is 29.3 Å². The maximum atomic E-state index is 12.3. The number of carbonyl (C=O) groups is 1. The Morgan fingerprint density at radius 2 is 1.88 bits per heavy atom. The van der Waals surface area contributed by atoms with E-state index in [0.717, 1.165) is 56.7 Å². The van der Waals surface area contributed by atoms with E-state index in [-0.39, 0.29) is 5.54 Å². The summed E-state index contributed by atoms with van der Waals surface area (Å²) in [6, 6.07) is 5.12. The third-order valence-electron chi connectivity index (χ3n) is 6.23. The van der Waals surface area contributed by atoms with E-state index < -0.39 is 12.0 Å². The van der Waals surface area contributed by atoms with Gasteiger partial charge in [-0.05, 0) is 53.0 Å². The van der Waals surface area contributed by atoms with Crippen molar-refractivity contribution in [1.82, 2.24) is 14.7 Å². The van der Waals surface area contributed by atoms with E-state index >= 15 is 0 Å². The van der Waals surface area contributed by atoms with Crippen LogP contribution in [0, 0.1) is 6.92 Å².